The van der Waals surface area contributed by atoms with Gasteiger partial charge in [-0.2, -0.15) is 9.61 Å². The predicted octanol–water partition coefficient (Wildman–Crippen LogP) is 3.19. The molecule has 1 N–H and O–H groups in total. The van der Waals surface area contributed by atoms with Crippen LogP contribution in [0.2, 0.25) is 0 Å². The molecule has 6 nitrogen and oxygen atoms in total. The second-order valence-electron chi connectivity index (χ2n) is 7.24. The van der Waals surface area contributed by atoms with E-state index in [0.717, 1.165) is 54.7 Å². The van der Waals surface area contributed by atoms with Crippen molar-refractivity contribution in [2.24, 2.45) is 0 Å². The lowest BCUT2D eigenvalue weighted by Gasteiger charge is -2.37. The van der Waals surface area contributed by atoms with E-state index in [2.05, 4.69) is 34.8 Å². The third-order valence-electron chi connectivity index (χ3n) is 4.96. The lowest BCUT2D eigenvalue weighted by molar-refractivity contribution is 0.475. The van der Waals surface area contributed by atoms with Crippen LogP contribution in [0.15, 0.2) is 36.4 Å². The van der Waals surface area contributed by atoms with Crippen molar-refractivity contribution in [3.8, 4) is 5.75 Å². The highest BCUT2D eigenvalue weighted by atomic mass is 16.3. The van der Waals surface area contributed by atoms with E-state index in [4.69, 9.17) is 4.98 Å². The summed E-state index contributed by atoms with van der Waals surface area (Å²) in [5, 5.41) is 14.1. The van der Waals surface area contributed by atoms with E-state index < -0.39 is 0 Å². The van der Waals surface area contributed by atoms with Crippen LogP contribution >= 0.6 is 0 Å². The highest BCUT2D eigenvalue weighted by molar-refractivity contribution is 5.55. The number of phenols is 1. The van der Waals surface area contributed by atoms with Gasteiger partial charge in [0.1, 0.15) is 11.6 Å². The molecule has 3 heterocycles. The van der Waals surface area contributed by atoms with Crippen LogP contribution in [0.3, 0.4) is 0 Å². The van der Waals surface area contributed by atoms with Crippen molar-refractivity contribution < 1.29 is 5.11 Å². The highest BCUT2D eigenvalue weighted by Gasteiger charge is 2.21. The van der Waals surface area contributed by atoms with Crippen LogP contribution < -0.4 is 9.80 Å². The summed E-state index contributed by atoms with van der Waals surface area (Å²) in [6.45, 7) is 10.1. The maximum atomic E-state index is 9.48. The first-order chi connectivity index (χ1) is 12.5. The van der Waals surface area contributed by atoms with Crippen molar-refractivity contribution in [3.05, 3.63) is 47.8 Å². The van der Waals surface area contributed by atoms with E-state index >= 15 is 0 Å². The van der Waals surface area contributed by atoms with Crippen molar-refractivity contribution in [1.29, 1.82) is 0 Å². The van der Waals surface area contributed by atoms with Gasteiger partial charge in [-0.1, -0.05) is 13.8 Å². The molecule has 0 saturated carbocycles. The van der Waals surface area contributed by atoms with Gasteiger partial charge in [-0.25, -0.2) is 4.98 Å². The van der Waals surface area contributed by atoms with Gasteiger partial charge in [-0.05, 0) is 37.1 Å². The van der Waals surface area contributed by atoms with E-state index in [1.807, 2.05) is 29.6 Å². The fourth-order valence-electron chi connectivity index (χ4n) is 3.47. The molecule has 0 spiro atoms. The number of fused-ring (bicyclic) bond motifs is 1. The van der Waals surface area contributed by atoms with Gasteiger partial charge in [0.25, 0.3) is 0 Å². The van der Waals surface area contributed by atoms with Crippen molar-refractivity contribution in [2.45, 2.75) is 26.7 Å². The van der Waals surface area contributed by atoms with Crippen LogP contribution in [0.1, 0.15) is 31.2 Å². The third-order valence-corrected chi connectivity index (χ3v) is 4.96. The zero-order chi connectivity index (χ0) is 18.3. The minimum atomic E-state index is 0.307. The number of phenolic OH excluding ortho intramolecular Hbond substituents is 1. The van der Waals surface area contributed by atoms with Gasteiger partial charge in [0.15, 0.2) is 5.65 Å². The predicted molar refractivity (Wildman–Crippen MR) is 104 cm³/mol. The number of piperazine rings is 1. The summed E-state index contributed by atoms with van der Waals surface area (Å²) >= 11 is 0. The van der Waals surface area contributed by atoms with Crippen LogP contribution in [-0.4, -0.2) is 45.9 Å². The monoisotopic (exact) mass is 351 g/mol. The number of benzene rings is 1. The van der Waals surface area contributed by atoms with Crippen LogP contribution in [0.5, 0.6) is 5.75 Å². The largest absolute Gasteiger partial charge is 0.508 e. The van der Waals surface area contributed by atoms with Gasteiger partial charge in [0, 0.05) is 49.7 Å². The number of anilines is 2. The third kappa shape index (κ3) is 3.07. The molecular formula is C20H25N5O. The van der Waals surface area contributed by atoms with Gasteiger partial charge in [-0.15, -0.1) is 0 Å². The van der Waals surface area contributed by atoms with Gasteiger partial charge in [0.2, 0.25) is 0 Å². The fraction of sp³-hybridized carbons (Fsp3) is 0.400. The minimum Gasteiger partial charge on any atom is -0.508 e. The summed E-state index contributed by atoms with van der Waals surface area (Å²) in [5.74, 6) is 1.81. The second-order valence-corrected chi connectivity index (χ2v) is 7.24. The second kappa shape index (κ2) is 6.52. The molecule has 2 aromatic heterocycles. The molecule has 26 heavy (non-hydrogen) atoms. The van der Waals surface area contributed by atoms with Crippen molar-refractivity contribution in [2.75, 3.05) is 36.0 Å². The smallest absolute Gasteiger partial charge is 0.157 e. The van der Waals surface area contributed by atoms with Crippen LogP contribution in [-0.2, 0) is 0 Å². The molecule has 0 radical (unpaired) electrons. The topological polar surface area (TPSA) is 56.9 Å². The number of nitrogens with zero attached hydrogens (tertiary/aromatic N) is 5. The fourth-order valence-corrected chi connectivity index (χ4v) is 3.47. The molecule has 1 saturated heterocycles. The molecule has 1 aromatic carbocycles. The Bertz CT molecular complexity index is 908. The molecule has 0 unspecified atom stereocenters. The molecule has 3 aromatic rings. The van der Waals surface area contributed by atoms with Crippen molar-refractivity contribution >= 4 is 17.2 Å². The molecule has 1 aliphatic rings. The van der Waals surface area contributed by atoms with Gasteiger partial charge in [-0.3, -0.25) is 0 Å². The van der Waals surface area contributed by atoms with Gasteiger partial charge < -0.3 is 14.9 Å². The minimum absolute atomic E-state index is 0.307. The first-order valence-electron chi connectivity index (χ1n) is 9.17. The standard InChI is InChI=1S/C20H25N5O/c1-14(2)18-13-20(25-19(21-18)12-15(3)22-25)24-10-8-23(9-11-24)16-4-6-17(26)7-5-16/h4-7,12-14,26H,8-11H2,1-3H3. The van der Waals surface area contributed by atoms with E-state index in [0.29, 0.717) is 11.7 Å². The molecule has 6 heteroatoms. The average Bonchev–Trinajstić information content (AvgIpc) is 3.02. The maximum Gasteiger partial charge on any atom is 0.157 e. The number of aromatic nitrogens is 3. The van der Waals surface area contributed by atoms with E-state index in [1.165, 1.54) is 0 Å². The average molecular weight is 351 g/mol. The Balaban J connectivity index is 1.60. The van der Waals surface area contributed by atoms with Gasteiger partial charge in [0.05, 0.1) is 5.69 Å². The summed E-state index contributed by atoms with van der Waals surface area (Å²) in [4.78, 5) is 9.51. The molecule has 0 atom stereocenters. The van der Waals surface area contributed by atoms with Gasteiger partial charge >= 0.3 is 0 Å². The van der Waals surface area contributed by atoms with Crippen LogP contribution in [0, 0.1) is 6.92 Å². The zero-order valence-electron chi connectivity index (χ0n) is 15.6. The Morgan fingerprint density at radius 1 is 0.962 bits per heavy atom. The molecule has 1 fully saturated rings. The molecule has 136 valence electrons. The molecule has 1 aliphatic heterocycles. The Morgan fingerprint density at radius 2 is 1.62 bits per heavy atom. The van der Waals surface area contributed by atoms with E-state index in [1.54, 1.807) is 12.1 Å². The summed E-state index contributed by atoms with van der Waals surface area (Å²) in [6.07, 6.45) is 0. The van der Waals surface area contributed by atoms with E-state index in [9.17, 15) is 5.11 Å². The molecular weight excluding hydrogens is 326 g/mol. The van der Waals surface area contributed by atoms with Crippen LogP contribution in [0.25, 0.3) is 5.65 Å². The van der Waals surface area contributed by atoms with E-state index in [-0.39, 0.29) is 0 Å². The quantitative estimate of drug-likeness (QED) is 0.785. The lowest BCUT2D eigenvalue weighted by Crippen LogP contribution is -2.47. The Morgan fingerprint density at radius 3 is 2.27 bits per heavy atom. The molecule has 0 aliphatic carbocycles. The molecule has 0 bridgehead atoms. The SMILES string of the molecule is Cc1cc2nc(C(C)C)cc(N3CCN(c4ccc(O)cc4)CC3)n2n1. The number of hydrogen-bond donors (Lipinski definition) is 1. The number of aromatic hydroxyl groups is 1. The Kier molecular flexibility index (Phi) is 4.18. The van der Waals surface area contributed by atoms with Crippen LogP contribution in [0.4, 0.5) is 11.5 Å². The number of hydrogen-bond acceptors (Lipinski definition) is 5. The normalized spacial score (nSPS) is 15.2. The number of rotatable bonds is 3. The summed E-state index contributed by atoms with van der Waals surface area (Å²) in [6, 6.07) is 11.7. The zero-order valence-corrected chi connectivity index (χ0v) is 15.6. The Labute approximate surface area is 153 Å². The first kappa shape index (κ1) is 16.7. The van der Waals surface area contributed by atoms with Crippen molar-refractivity contribution in [1.82, 2.24) is 14.6 Å². The molecule has 0 amide bonds. The maximum absolute atomic E-state index is 9.48. The molecule has 4 rings (SSSR count). The summed E-state index contributed by atoms with van der Waals surface area (Å²) in [7, 11) is 0. The Hall–Kier alpha value is -2.76. The number of aryl methyl sites for hydroxylation is 1. The van der Waals surface area contributed by atoms with Crippen molar-refractivity contribution in [3.63, 3.8) is 0 Å². The highest BCUT2D eigenvalue weighted by Crippen LogP contribution is 2.25. The first-order valence-corrected chi connectivity index (χ1v) is 9.17. The summed E-state index contributed by atoms with van der Waals surface area (Å²) < 4.78 is 1.97. The summed E-state index contributed by atoms with van der Waals surface area (Å²) in [5.41, 5.74) is 4.17. The lowest BCUT2D eigenvalue weighted by atomic mass is 10.1.